The molecule has 1 aromatic heterocycles. The summed E-state index contributed by atoms with van der Waals surface area (Å²) in [6, 6.07) is 5.78. The van der Waals surface area contributed by atoms with Crippen LogP contribution in [0.15, 0.2) is 24.5 Å². The number of aryl methyl sites for hydroxylation is 2. The molecule has 0 radical (unpaired) electrons. The minimum Gasteiger partial charge on any atom is -0.436 e. The monoisotopic (exact) mass is 255 g/mol. The third-order valence-electron chi connectivity index (χ3n) is 3.58. The summed E-state index contributed by atoms with van der Waals surface area (Å²) in [5.41, 5.74) is 9.97. The fourth-order valence-corrected chi connectivity index (χ4v) is 2.43. The number of nitrogens with two attached hydrogens (primary N) is 1. The van der Waals surface area contributed by atoms with Crippen molar-refractivity contribution in [1.82, 2.24) is 9.97 Å². The maximum Gasteiger partial charge on any atom is 0.225 e. The van der Waals surface area contributed by atoms with E-state index in [1.807, 2.05) is 25.1 Å². The molecule has 1 aliphatic rings. The van der Waals surface area contributed by atoms with E-state index in [-0.39, 0.29) is 0 Å². The average molecular weight is 255 g/mol. The van der Waals surface area contributed by atoms with Gasteiger partial charge in [-0.05, 0) is 44.2 Å². The van der Waals surface area contributed by atoms with Crippen LogP contribution in [0.25, 0.3) is 0 Å². The summed E-state index contributed by atoms with van der Waals surface area (Å²) in [4.78, 5) is 8.61. The molecular formula is C15H17N3O. The van der Waals surface area contributed by atoms with Crippen LogP contribution in [-0.4, -0.2) is 9.97 Å². The summed E-state index contributed by atoms with van der Waals surface area (Å²) >= 11 is 0. The molecule has 2 aromatic rings. The highest BCUT2D eigenvalue weighted by Gasteiger charge is 2.17. The van der Waals surface area contributed by atoms with Crippen LogP contribution >= 0.6 is 0 Å². The van der Waals surface area contributed by atoms with E-state index in [9.17, 15) is 0 Å². The highest BCUT2D eigenvalue weighted by atomic mass is 16.5. The number of hydrogen-bond acceptors (Lipinski definition) is 4. The van der Waals surface area contributed by atoms with Gasteiger partial charge in [-0.3, -0.25) is 0 Å². The maximum absolute atomic E-state index is 6.04. The van der Waals surface area contributed by atoms with E-state index in [0.29, 0.717) is 17.3 Å². The number of fused-ring (bicyclic) bond motifs is 1. The molecule has 0 unspecified atom stereocenters. The third-order valence-corrected chi connectivity index (χ3v) is 3.58. The fraction of sp³-hybridized carbons (Fsp3) is 0.333. The molecule has 0 fully saturated rings. The van der Waals surface area contributed by atoms with Crippen LogP contribution in [0.4, 0.5) is 5.69 Å². The van der Waals surface area contributed by atoms with Gasteiger partial charge in [0, 0.05) is 5.56 Å². The number of rotatable bonds is 2. The van der Waals surface area contributed by atoms with Gasteiger partial charge in [-0.25, -0.2) is 9.97 Å². The van der Waals surface area contributed by atoms with Crippen LogP contribution in [0.5, 0.6) is 11.6 Å². The first-order chi connectivity index (χ1) is 9.25. The quantitative estimate of drug-likeness (QED) is 0.838. The van der Waals surface area contributed by atoms with E-state index in [2.05, 4.69) is 9.97 Å². The summed E-state index contributed by atoms with van der Waals surface area (Å²) in [7, 11) is 0. The Hall–Kier alpha value is -2.10. The van der Waals surface area contributed by atoms with Crippen LogP contribution < -0.4 is 10.5 Å². The van der Waals surface area contributed by atoms with Crippen LogP contribution in [0.3, 0.4) is 0 Å². The van der Waals surface area contributed by atoms with E-state index >= 15 is 0 Å². The van der Waals surface area contributed by atoms with Crippen LogP contribution in [0.1, 0.15) is 29.7 Å². The van der Waals surface area contributed by atoms with Gasteiger partial charge in [0.15, 0.2) is 5.75 Å². The van der Waals surface area contributed by atoms with Crippen molar-refractivity contribution in [3.8, 4) is 11.6 Å². The highest BCUT2D eigenvalue weighted by Crippen LogP contribution is 2.33. The molecule has 0 amide bonds. The van der Waals surface area contributed by atoms with Crippen LogP contribution in [0, 0.1) is 6.92 Å². The SMILES string of the molecule is Cc1cccc(Oc2ncnc3c2CCCC3)c1N. The summed E-state index contributed by atoms with van der Waals surface area (Å²) in [5.74, 6) is 1.33. The summed E-state index contributed by atoms with van der Waals surface area (Å²) in [6.45, 7) is 1.97. The molecule has 0 saturated heterocycles. The second-order valence-electron chi connectivity index (χ2n) is 4.90. The molecular weight excluding hydrogens is 238 g/mol. The Kier molecular flexibility index (Phi) is 3.07. The Balaban J connectivity index is 1.97. The highest BCUT2D eigenvalue weighted by molar-refractivity contribution is 5.59. The Morgan fingerprint density at radius 2 is 2.00 bits per heavy atom. The number of nitrogens with zero attached hydrogens (tertiary/aromatic N) is 2. The van der Waals surface area contributed by atoms with Crippen molar-refractivity contribution < 1.29 is 4.74 Å². The zero-order valence-electron chi connectivity index (χ0n) is 11.0. The molecule has 1 aromatic carbocycles. The molecule has 0 saturated carbocycles. The van der Waals surface area contributed by atoms with E-state index < -0.39 is 0 Å². The minimum absolute atomic E-state index is 0.655. The molecule has 3 rings (SSSR count). The Morgan fingerprint density at radius 1 is 1.16 bits per heavy atom. The minimum atomic E-state index is 0.655. The average Bonchev–Trinajstić information content (AvgIpc) is 2.44. The number of ether oxygens (including phenoxy) is 1. The number of anilines is 1. The molecule has 19 heavy (non-hydrogen) atoms. The first kappa shape index (κ1) is 12.0. The van der Waals surface area contributed by atoms with Gasteiger partial charge < -0.3 is 10.5 Å². The molecule has 1 heterocycles. The van der Waals surface area contributed by atoms with E-state index in [0.717, 1.165) is 29.7 Å². The third kappa shape index (κ3) is 2.26. The number of hydrogen-bond donors (Lipinski definition) is 1. The van der Waals surface area contributed by atoms with Gasteiger partial charge in [0.05, 0.1) is 11.4 Å². The molecule has 2 N–H and O–H groups in total. The zero-order valence-corrected chi connectivity index (χ0v) is 11.0. The standard InChI is InChI=1S/C15H17N3O/c1-10-5-4-8-13(14(10)16)19-15-11-6-2-3-7-12(11)17-9-18-15/h4-5,8-9H,2-3,6-7,16H2,1H3. The summed E-state index contributed by atoms with van der Waals surface area (Å²) in [5, 5.41) is 0. The normalized spacial score (nSPS) is 13.9. The molecule has 4 nitrogen and oxygen atoms in total. The van der Waals surface area contributed by atoms with Crippen molar-refractivity contribution in [2.45, 2.75) is 32.6 Å². The zero-order chi connectivity index (χ0) is 13.2. The summed E-state index contributed by atoms with van der Waals surface area (Å²) < 4.78 is 5.91. The first-order valence-corrected chi connectivity index (χ1v) is 6.61. The smallest absolute Gasteiger partial charge is 0.225 e. The van der Waals surface area contributed by atoms with Gasteiger partial charge in [0.2, 0.25) is 5.88 Å². The van der Waals surface area contributed by atoms with E-state index in [1.165, 1.54) is 12.8 Å². The van der Waals surface area contributed by atoms with E-state index in [4.69, 9.17) is 10.5 Å². The predicted octanol–water partition coefficient (Wildman–Crippen LogP) is 3.04. The lowest BCUT2D eigenvalue weighted by Crippen LogP contribution is -2.08. The fourth-order valence-electron chi connectivity index (χ4n) is 2.43. The van der Waals surface area contributed by atoms with Crippen LogP contribution in [0.2, 0.25) is 0 Å². The number of benzene rings is 1. The van der Waals surface area contributed by atoms with Crippen molar-refractivity contribution in [3.63, 3.8) is 0 Å². The molecule has 1 aliphatic carbocycles. The number of nitrogen functional groups attached to an aromatic ring is 1. The molecule has 0 spiro atoms. The van der Waals surface area contributed by atoms with Gasteiger partial charge in [-0.15, -0.1) is 0 Å². The van der Waals surface area contributed by atoms with Gasteiger partial charge >= 0.3 is 0 Å². The molecule has 0 bridgehead atoms. The van der Waals surface area contributed by atoms with Gasteiger partial charge in [0.25, 0.3) is 0 Å². The topological polar surface area (TPSA) is 61.0 Å². The Morgan fingerprint density at radius 3 is 2.89 bits per heavy atom. The lowest BCUT2D eigenvalue weighted by molar-refractivity contribution is 0.448. The van der Waals surface area contributed by atoms with Gasteiger partial charge in [-0.2, -0.15) is 0 Å². The Labute approximate surface area is 112 Å². The van der Waals surface area contributed by atoms with Gasteiger partial charge in [0.1, 0.15) is 6.33 Å². The largest absolute Gasteiger partial charge is 0.436 e. The molecule has 0 aliphatic heterocycles. The van der Waals surface area contributed by atoms with Crippen molar-refractivity contribution in [1.29, 1.82) is 0 Å². The van der Waals surface area contributed by atoms with Crippen molar-refractivity contribution in [2.75, 3.05) is 5.73 Å². The molecule has 4 heteroatoms. The lowest BCUT2D eigenvalue weighted by Gasteiger charge is -2.18. The second-order valence-corrected chi connectivity index (χ2v) is 4.90. The number of para-hydroxylation sites is 1. The lowest BCUT2D eigenvalue weighted by atomic mass is 9.97. The number of aromatic nitrogens is 2. The van der Waals surface area contributed by atoms with Crippen molar-refractivity contribution in [3.05, 3.63) is 41.3 Å². The maximum atomic E-state index is 6.04. The van der Waals surface area contributed by atoms with Crippen LogP contribution in [-0.2, 0) is 12.8 Å². The molecule has 98 valence electrons. The summed E-state index contributed by atoms with van der Waals surface area (Å²) in [6.07, 6.45) is 5.93. The second kappa shape index (κ2) is 4.88. The van der Waals surface area contributed by atoms with Crippen molar-refractivity contribution in [2.24, 2.45) is 0 Å². The van der Waals surface area contributed by atoms with Gasteiger partial charge in [-0.1, -0.05) is 12.1 Å². The van der Waals surface area contributed by atoms with E-state index in [1.54, 1.807) is 6.33 Å². The first-order valence-electron chi connectivity index (χ1n) is 6.61. The molecule has 0 atom stereocenters. The predicted molar refractivity (Wildman–Crippen MR) is 74.3 cm³/mol. The Bertz CT molecular complexity index is 610. The van der Waals surface area contributed by atoms with Crippen molar-refractivity contribution >= 4 is 5.69 Å².